The number of carbonyl (C=O) groups is 1. The van der Waals surface area contributed by atoms with Gasteiger partial charge in [-0.25, -0.2) is 5.01 Å². The summed E-state index contributed by atoms with van der Waals surface area (Å²) < 4.78 is 0. The van der Waals surface area contributed by atoms with Crippen molar-refractivity contribution in [3.05, 3.63) is 0 Å². The van der Waals surface area contributed by atoms with Crippen molar-refractivity contribution in [2.24, 2.45) is 0 Å². The monoisotopic (exact) mass is 162 g/mol. The highest BCUT2D eigenvalue weighted by Gasteiger charge is 2.12. The number of nitrogens with zero attached hydrogens (tertiary/aromatic N) is 1. The van der Waals surface area contributed by atoms with Gasteiger partial charge in [-0.2, -0.15) is 0 Å². The number of hydrogen-bond donors (Lipinski definition) is 1. The number of nitrogens with one attached hydrogen (secondary N) is 1. The molecule has 4 heteroatoms. The van der Waals surface area contributed by atoms with Gasteiger partial charge in [-0.3, -0.25) is 10.2 Å². The average Bonchev–Trinajstić information content (AvgIpc) is 2.40. The molecule has 0 saturated carbocycles. The first-order valence-electron chi connectivity index (χ1n) is 3.43. The summed E-state index contributed by atoms with van der Waals surface area (Å²) in [6.45, 7) is 1.92. The molecule has 1 amide bonds. The fraction of sp³-hybridized carbons (Fsp3) is 0.833. The summed E-state index contributed by atoms with van der Waals surface area (Å²) in [7, 11) is 0. The molecule has 0 aromatic carbocycles. The first-order chi connectivity index (χ1) is 4.83. The summed E-state index contributed by atoms with van der Waals surface area (Å²) >= 11 is 5.29. The highest BCUT2D eigenvalue weighted by Crippen LogP contribution is 2.03. The SMILES string of the molecule is O=C(CCl)NN1CCCC1. The molecule has 0 aromatic heterocycles. The molecule has 0 aliphatic carbocycles. The van der Waals surface area contributed by atoms with Crippen molar-refractivity contribution in [1.82, 2.24) is 10.4 Å². The molecule has 10 heavy (non-hydrogen) atoms. The summed E-state index contributed by atoms with van der Waals surface area (Å²) in [5, 5.41) is 1.91. The van der Waals surface area contributed by atoms with E-state index in [-0.39, 0.29) is 11.8 Å². The first-order valence-corrected chi connectivity index (χ1v) is 3.97. The number of hydrazine groups is 1. The fourth-order valence-corrected chi connectivity index (χ4v) is 1.09. The third kappa shape index (κ3) is 2.15. The predicted octanol–water partition coefficient (Wildman–Crippen LogP) is 0.352. The van der Waals surface area contributed by atoms with Crippen LogP contribution in [0.2, 0.25) is 0 Å². The standard InChI is InChI=1S/C6H11ClN2O/c7-5-6(10)8-9-3-1-2-4-9/h1-5H2,(H,8,10). The van der Waals surface area contributed by atoms with E-state index in [4.69, 9.17) is 11.6 Å². The molecule has 1 heterocycles. The van der Waals surface area contributed by atoms with E-state index in [0.29, 0.717) is 0 Å². The van der Waals surface area contributed by atoms with E-state index in [9.17, 15) is 4.79 Å². The number of rotatable bonds is 2. The van der Waals surface area contributed by atoms with E-state index >= 15 is 0 Å². The quantitative estimate of drug-likeness (QED) is 0.595. The van der Waals surface area contributed by atoms with E-state index in [1.54, 1.807) is 0 Å². The lowest BCUT2D eigenvalue weighted by molar-refractivity contribution is -0.122. The molecule has 0 spiro atoms. The molecule has 0 radical (unpaired) electrons. The maximum Gasteiger partial charge on any atom is 0.249 e. The van der Waals surface area contributed by atoms with Crippen LogP contribution in [0.3, 0.4) is 0 Å². The summed E-state index contributed by atoms with van der Waals surface area (Å²) in [5.74, 6) is -0.0557. The van der Waals surface area contributed by atoms with E-state index in [1.165, 1.54) is 12.8 Å². The lowest BCUT2D eigenvalue weighted by atomic mass is 10.4. The summed E-state index contributed by atoms with van der Waals surface area (Å²) in [6, 6.07) is 0. The van der Waals surface area contributed by atoms with Crippen molar-refractivity contribution < 1.29 is 4.79 Å². The minimum atomic E-state index is -0.108. The van der Waals surface area contributed by atoms with Gasteiger partial charge in [0.05, 0.1) is 0 Å². The Bertz CT molecular complexity index is 123. The average molecular weight is 163 g/mol. The largest absolute Gasteiger partial charge is 0.288 e. The van der Waals surface area contributed by atoms with E-state index in [1.807, 2.05) is 5.01 Å². The van der Waals surface area contributed by atoms with Gasteiger partial charge in [-0.15, -0.1) is 11.6 Å². The van der Waals surface area contributed by atoms with Gasteiger partial charge >= 0.3 is 0 Å². The smallest absolute Gasteiger partial charge is 0.249 e. The molecule has 0 aromatic rings. The Balaban J connectivity index is 2.17. The minimum Gasteiger partial charge on any atom is -0.288 e. The second-order valence-corrected chi connectivity index (χ2v) is 2.63. The van der Waals surface area contributed by atoms with Crippen LogP contribution in [0.1, 0.15) is 12.8 Å². The Morgan fingerprint density at radius 3 is 2.60 bits per heavy atom. The van der Waals surface area contributed by atoms with Crippen LogP contribution in [-0.4, -0.2) is 29.9 Å². The van der Waals surface area contributed by atoms with Gasteiger partial charge in [0, 0.05) is 13.1 Å². The molecule has 1 fully saturated rings. The summed E-state index contributed by atoms with van der Waals surface area (Å²) in [5.41, 5.74) is 2.69. The van der Waals surface area contributed by atoms with Gasteiger partial charge in [0.25, 0.3) is 0 Å². The molecule has 0 atom stereocenters. The molecule has 1 saturated heterocycles. The molecule has 0 bridgehead atoms. The van der Waals surface area contributed by atoms with Crippen LogP contribution in [0.4, 0.5) is 0 Å². The zero-order valence-corrected chi connectivity index (χ0v) is 6.52. The second-order valence-electron chi connectivity index (χ2n) is 2.36. The molecule has 3 nitrogen and oxygen atoms in total. The Kier molecular flexibility index (Phi) is 2.96. The van der Waals surface area contributed by atoms with Gasteiger partial charge in [-0.1, -0.05) is 0 Å². The third-order valence-electron chi connectivity index (χ3n) is 1.51. The molecule has 0 unspecified atom stereocenters. The number of alkyl halides is 1. The molecule has 1 aliphatic heterocycles. The molecule has 1 rings (SSSR count). The molecular formula is C6H11ClN2O. The fourth-order valence-electron chi connectivity index (χ4n) is 1.04. The van der Waals surface area contributed by atoms with Crippen molar-refractivity contribution in [3.8, 4) is 0 Å². The number of carbonyl (C=O) groups excluding carboxylic acids is 1. The normalized spacial score (nSPS) is 19.3. The van der Waals surface area contributed by atoms with Crippen LogP contribution in [-0.2, 0) is 4.79 Å². The van der Waals surface area contributed by atoms with Crippen LogP contribution >= 0.6 is 11.6 Å². The van der Waals surface area contributed by atoms with E-state index in [2.05, 4.69) is 5.43 Å². The zero-order valence-electron chi connectivity index (χ0n) is 5.77. The number of amides is 1. The first kappa shape index (κ1) is 7.82. The third-order valence-corrected chi connectivity index (χ3v) is 1.75. The molecule has 1 aliphatic rings. The van der Waals surface area contributed by atoms with E-state index in [0.717, 1.165) is 13.1 Å². The van der Waals surface area contributed by atoms with Crippen LogP contribution in [0.25, 0.3) is 0 Å². The van der Waals surface area contributed by atoms with Gasteiger partial charge in [0.2, 0.25) is 5.91 Å². The topological polar surface area (TPSA) is 32.3 Å². The Morgan fingerprint density at radius 1 is 1.50 bits per heavy atom. The predicted molar refractivity (Wildman–Crippen MR) is 39.7 cm³/mol. The van der Waals surface area contributed by atoms with Gasteiger partial charge in [0.15, 0.2) is 0 Å². The van der Waals surface area contributed by atoms with Gasteiger partial charge < -0.3 is 0 Å². The van der Waals surface area contributed by atoms with Crippen molar-refractivity contribution in [2.75, 3.05) is 19.0 Å². The lowest BCUT2D eigenvalue weighted by Gasteiger charge is -2.14. The number of hydrogen-bond acceptors (Lipinski definition) is 2. The maximum absolute atomic E-state index is 10.7. The van der Waals surface area contributed by atoms with Gasteiger partial charge in [-0.05, 0) is 12.8 Å². The van der Waals surface area contributed by atoms with Crippen LogP contribution in [0.15, 0.2) is 0 Å². The summed E-state index contributed by atoms with van der Waals surface area (Å²) in [6.07, 6.45) is 2.34. The van der Waals surface area contributed by atoms with Gasteiger partial charge in [0.1, 0.15) is 5.88 Å². The lowest BCUT2D eigenvalue weighted by Crippen LogP contribution is -2.40. The second kappa shape index (κ2) is 3.78. The number of halogens is 1. The van der Waals surface area contributed by atoms with Crippen LogP contribution < -0.4 is 5.43 Å². The van der Waals surface area contributed by atoms with E-state index < -0.39 is 0 Å². The molecular weight excluding hydrogens is 152 g/mol. The van der Waals surface area contributed by atoms with Crippen molar-refractivity contribution in [2.45, 2.75) is 12.8 Å². The maximum atomic E-state index is 10.7. The highest BCUT2D eigenvalue weighted by molar-refractivity contribution is 6.27. The summed E-state index contributed by atoms with van der Waals surface area (Å²) in [4.78, 5) is 10.7. The Hall–Kier alpha value is -0.280. The van der Waals surface area contributed by atoms with Crippen LogP contribution in [0, 0.1) is 0 Å². The molecule has 1 N–H and O–H groups in total. The van der Waals surface area contributed by atoms with Crippen molar-refractivity contribution in [1.29, 1.82) is 0 Å². The zero-order chi connectivity index (χ0) is 7.40. The van der Waals surface area contributed by atoms with Crippen molar-refractivity contribution in [3.63, 3.8) is 0 Å². The Labute approximate surface area is 65.3 Å². The van der Waals surface area contributed by atoms with Crippen molar-refractivity contribution >= 4 is 17.5 Å². The Morgan fingerprint density at radius 2 is 2.10 bits per heavy atom. The molecule has 58 valence electrons. The minimum absolute atomic E-state index is 0.0521. The highest BCUT2D eigenvalue weighted by atomic mass is 35.5. The van der Waals surface area contributed by atoms with Crippen LogP contribution in [0.5, 0.6) is 0 Å².